The lowest BCUT2D eigenvalue weighted by molar-refractivity contribution is 0.438. The third kappa shape index (κ3) is 4.11. The van der Waals surface area contributed by atoms with E-state index in [-0.39, 0.29) is 0 Å². The van der Waals surface area contributed by atoms with Crippen LogP contribution in [-0.4, -0.2) is 17.9 Å². The first-order valence-corrected chi connectivity index (χ1v) is 7.11. The van der Waals surface area contributed by atoms with Crippen molar-refractivity contribution in [3.8, 4) is 0 Å². The third-order valence-electron chi connectivity index (χ3n) is 2.37. The fraction of sp³-hybridized carbons (Fsp3) is 0.636. The highest BCUT2D eigenvalue weighted by atomic mass is 79.9. The van der Waals surface area contributed by atoms with E-state index in [0.717, 1.165) is 18.3 Å². The average Bonchev–Trinajstić information content (AvgIpc) is 2.64. The van der Waals surface area contributed by atoms with Gasteiger partial charge in [0.05, 0.1) is 0 Å². The zero-order valence-electron chi connectivity index (χ0n) is 8.79. The van der Waals surface area contributed by atoms with Gasteiger partial charge in [-0.3, -0.25) is 0 Å². The second-order valence-corrected chi connectivity index (χ2v) is 5.27. The predicted molar refractivity (Wildman–Crippen MR) is 68.4 cm³/mol. The molecule has 0 bridgehead atoms. The van der Waals surface area contributed by atoms with Crippen molar-refractivity contribution in [2.45, 2.75) is 26.3 Å². The van der Waals surface area contributed by atoms with E-state index < -0.39 is 0 Å². The summed E-state index contributed by atoms with van der Waals surface area (Å²) in [7, 11) is 0. The molecule has 0 saturated heterocycles. The minimum Gasteiger partial charge on any atom is -0.313 e. The molecule has 0 saturated carbocycles. The maximum Gasteiger partial charge on any atom is 0.0188 e. The first-order valence-electron chi connectivity index (χ1n) is 5.04. The van der Waals surface area contributed by atoms with Gasteiger partial charge in [-0.1, -0.05) is 29.8 Å². The summed E-state index contributed by atoms with van der Waals surface area (Å²) in [5.74, 6) is 0.692. The molecule has 1 nitrogen and oxygen atoms in total. The lowest BCUT2D eigenvalue weighted by atomic mass is 10.1. The Morgan fingerprint density at radius 2 is 2.29 bits per heavy atom. The van der Waals surface area contributed by atoms with Gasteiger partial charge in [0.15, 0.2) is 0 Å². The van der Waals surface area contributed by atoms with Crippen molar-refractivity contribution >= 4 is 27.3 Å². The maximum atomic E-state index is 3.56. The summed E-state index contributed by atoms with van der Waals surface area (Å²) in [6, 6.07) is 2.79. The van der Waals surface area contributed by atoms with E-state index >= 15 is 0 Å². The summed E-state index contributed by atoms with van der Waals surface area (Å²) in [5.41, 5.74) is 1.44. The second kappa shape index (κ2) is 6.59. The summed E-state index contributed by atoms with van der Waals surface area (Å²) in [6.07, 6.45) is 1.14. The van der Waals surface area contributed by atoms with Crippen molar-refractivity contribution in [2.75, 3.05) is 11.9 Å². The molecule has 14 heavy (non-hydrogen) atoms. The first kappa shape index (κ1) is 12.2. The molecule has 1 unspecified atom stereocenters. The Morgan fingerprint density at radius 1 is 1.50 bits per heavy atom. The molecular weight excluding hydrogens is 258 g/mol. The van der Waals surface area contributed by atoms with Crippen LogP contribution in [0.3, 0.4) is 0 Å². The highest BCUT2D eigenvalue weighted by Crippen LogP contribution is 2.07. The van der Waals surface area contributed by atoms with Crippen molar-refractivity contribution in [2.24, 2.45) is 5.92 Å². The molecule has 0 amide bonds. The second-order valence-electron chi connectivity index (χ2n) is 3.84. The van der Waals surface area contributed by atoms with E-state index in [9.17, 15) is 0 Å². The summed E-state index contributed by atoms with van der Waals surface area (Å²) in [5, 5.41) is 8.96. The molecular formula is C11H18BrNS. The zero-order valence-corrected chi connectivity index (χ0v) is 11.2. The van der Waals surface area contributed by atoms with Gasteiger partial charge in [0, 0.05) is 11.4 Å². The van der Waals surface area contributed by atoms with Crippen LogP contribution in [0.2, 0.25) is 0 Å². The number of hydrogen-bond acceptors (Lipinski definition) is 2. The molecule has 3 heteroatoms. The molecule has 1 aromatic heterocycles. The predicted octanol–water partition coefficient (Wildman–Crippen LogP) is 3.30. The molecule has 0 aliphatic heterocycles. The number of thiophene rings is 1. The molecule has 0 aliphatic carbocycles. The summed E-state index contributed by atoms with van der Waals surface area (Å²) < 4.78 is 0. The van der Waals surface area contributed by atoms with Crippen LogP contribution in [0.5, 0.6) is 0 Å². The Kier molecular flexibility index (Phi) is 5.75. The Bertz CT molecular complexity index is 233. The van der Waals surface area contributed by atoms with E-state index in [1.54, 1.807) is 11.3 Å². The van der Waals surface area contributed by atoms with Crippen LogP contribution >= 0.6 is 27.3 Å². The van der Waals surface area contributed by atoms with Crippen molar-refractivity contribution in [3.05, 3.63) is 22.4 Å². The van der Waals surface area contributed by atoms with Gasteiger partial charge in [0.25, 0.3) is 0 Å². The lowest BCUT2D eigenvalue weighted by Crippen LogP contribution is -2.36. The quantitative estimate of drug-likeness (QED) is 0.786. The number of halogens is 1. The van der Waals surface area contributed by atoms with Crippen LogP contribution in [0.1, 0.15) is 19.4 Å². The minimum atomic E-state index is 0.591. The molecule has 1 N–H and O–H groups in total. The summed E-state index contributed by atoms with van der Waals surface area (Å²) in [4.78, 5) is 0. The zero-order chi connectivity index (χ0) is 10.4. The number of nitrogens with one attached hydrogen (secondary N) is 1. The van der Waals surface area contributed by atoms with Crippen LogP contribution in [0.25, 0.3) is 0 Å². The summed E-state index contributed by atoms with van der Waals surface area (Å²) in [6.45, 7) is 5.58. The average molecular weight is 276 g/mol. The van der Waals surface area contributed by atoms with E-state index in [0.29, 0.717) is 12.0 Å². The van der Waals surface area contributed by atoms with Gasteiger partial charge >= 0.3 is 0 Å². The van der Waals surface area contributed by atoms with Crippen LogP contribution in [0.15, 0.2) is 16.8 Å². The maximum absolute atomic E-state index is 3.56. The van der Waals surface area contributed by atoms with Gasteiger partial charge in [0.2, 0.25) is 0 Å². The van der Waals surface area contributed by atoms with Gasteiger partial charge in [-0.05, 0) is 41.3 Å². The van der Waals surface area contributed by atoms with E-state index in [1.807, 2.05) is 0 Å². The Balaban J connectivity index is 2.20. The summed E-state index contributed by atoms with van der Waals surface area (Å²) >= 11 is 5.31. The number of rotatable bonds is 6. The number of hydrogen-bond donors (Lipinski definition) is 1. The molecule has 0 aromatic carbocycles. The van der Waals surface area contributed by atoms with Gasteiger partial charge < -0.3 is 5.32 Å². The molecule has 1 heterocycles. The third-order valence-corrected chi connectivity index (χ3v) is 3.80. The van der Waals surface area contributed by atoms with Crippen LogP contribution < -0.4 is 5.32 Å². The minimum absolute atomic E-state index is 0.591. The Labute approximate surface area is 99.0 Å². The smallest absolute Gasteiger partial charge is 0.0188 e. The van der Waals surface area contributed by atoms with Crippen molar-refractivity contribution in [3.63, 3.8) is 0 Å². The lowest BCUT2D eigenvalue weighted by Gasteiger charge is -2.19. The molecule has 80 valence electrons. The molecule has 1 atom stereocenters. The number of alkyl halides is 1. The Hall–Kier alpha value is 0.140. The van der Waals surface area contributed by atoms with Gasteiger partial charge in [0.1, 0.15) is 0 Å². The van der Waals surface area contributed by atoms with E-state index in [4.69, 9.17) is 0 Å². The van der Waals surface area contributed by atoms with Crippen LogP contribution in [0, 0.1) is 5.92 Å². The largest absolute Gasteiger partial charge is 0.313 e. The van der Waals surface area contributed by atoms with E-state index in [1.165, 1.54) is 5.56 Å². The molecule has 0 radical (unpaired) electrons. The van der Waals surface area contributed by atoms with Gasteiger partial charge in [-0.2, -0.15) is 11.3 Å². The molecule has 0 aliphatic rings. The molecule has 0 fully saturated rings. The monoisotopic (exact) mass is 275 g/mol. The standard InChI is InChI=1S/C11H18BrNS/c1-9(2)11(7-12)13-5-3-10-4-6-14-8-10/h4,6,8-9,11,13H,3,5,7H2,1-2H3. The molecule has 1 rings (SSSR count). The van der Waals surface area contributed by atoms with Gasteiger partial charge in [-0.25, -0.2) is 0 Å². The fourth-order valence-corrected chi connectivity index (χ4v) is 2.98. The highest BCUT2D eigenvalue weighted by Gasteiger charge is 2.09. The van der Waals surface area contributed by atoms with Crippen LogP contribution in [-0.2, 0) is 6.42 Å². The molecule has 1 aromatic rings. The van der Waals surface area contributed by atoms with E-state index in [2.05, 4.69) is 51.9 Å². The van der Waals surface area contributed by atoms with Crippen molar-refractivity contribution in [1.82, 2.24) is 5.32 Å². The van der Waals surface area contributed by atoms with Gasteiger partial charge in [-0.15, -0.1) is 0 Å². The first-order chi connectivity index (χ1) is 6.74. The van der Waals surface area contributed by atoms with Crippen LogP contribution in [0.4, 0.5) is 0 Å². The van der Waals surface area contributed by atoms with Crippen molar-refractivity contribution < 1.29 is 0 Å². The Morgan fingerprint density at radius 3 is 2.79 bits per heavy atom. The normalized spacial score (nSPS) is 13.4. The topological polar surface area (TPSA) is 12.0 Å². The highest BCUT2D eigenvalue weighted by molar-refractivity contribution is 9.09. The SMILES string of the molecule is CC(C)C(CBr)NCCc1ccsc1. The fourth-order valence-electron chi connectivity index (χ4n) is 1.31. The van der Waals surface area contributed by atoms with Crippen molar-refractivity contribution in [1.29, 1.82) is 0 Å². The molecule has 0 spiro atoms.